The maximum atomic E-state index is 13.1. The number of benzene rings is 2. The molecule has 0 radical (unpaired) electrons. The Hall–Kier alpha value is -3.05. The molecule has 3 heterocycles. The third kappa shape index (κ3) is 3.54. The van der Waals surface area contributed by atoms with Crippen LogP contribution in [0.25, 0.3) is 27.2 Å². The molecule has 0 bridgehead atoms. The Kier molecular flexibility index (Phi) is 4.82. The Morgan fingerprint density at radius 3 is 2.76 bits per heavy atom. The summed E-state index contributed by atoms with van der Waals surface area (Å²) in [6.07, 6.45) is 8.54. The lowest BCUT2D eigenvalue weighted by Gasteiger charge is -2.33. The lowest BCUT2D eigenvalue weighted by molar-refractivity contribution is -0.129. The number of carbonyl (C=O) groups excluding carboxylic acids is 1. The second-order valence-corrected chi connectivity index (χ2v) is 8.38. The molecule has 5 rings (SSSR count). The Morgan fingerprint density at radius 2 is 1.86 bits per heavy atom. The monoisotopic (exact) mass is 399 g/mol. The number of thiazole rings is 1. The van der Waals surface area contributed by atoms with Gasteiger partial charge in [-0.25, -0.2) is 4.98 Å². The summed E-state index contributed by atoms with van der Waals surface area (Å²) in [5.41, 5.74) is 2.97. The van der Waals surface area contributed by atoms with Crippen molar-refractivity contribution in [1.29, 1.82) is 0 Å². The van der Waals surface area contributed by atoms with Gasteiger partial charge < -0.3 is 4.90 Å². The van der Waals surface area contributed by atoms with Gasteiger partial charge in [-0.15, -0.1) is 11.3 Å². The summed E-state index contributed by atoms with van der Waals surface area (Å²) < 4.78 is 1.18. The summed E-state index contributed by atoms with van der Waals surface area (Å²) in [5.74, 6) is 0.0508. The van der Waals surface area contributed by atoms with Crippen LogP contribution in [0.15, 0.2) is 66.9 Å². The minimum atomic E-state index is 0.0508. The standard InChI is InChI=1S/C24H21N3OS/c28-23(13-12-17-14-15-25-19-8-2-1-7-18(17)19)27-16-6-5-10-21(27)24-26-20-9-3-4-11-22(20)29-24/h1-4,7-9,11-15,21H,5-6,10,16H2/b13-12+. The number of piperidine rings is 1. The summed E-state index contributed by atoms with van der Waals surface area (Å²) >= 11 is 1.70. The smallest absolute Gasteiger partial charge is 0.247 e. The number of aromatic nitrogens is 2. The first-order valence-electron chi connectivity index (χ1n) is 9.97. The number of hydrogen-bond donors (Lipinski definition) is 0. The van der Waals surface area contributed by atoms with Gasteiger partial charge in [-0.3, -0.25) is 9.78 Å². The van der Waals surface area contributed by atoms with Gasteiger partial charge in [-0.05, 0) is 55.2 Å². The lowest BCUT2D eigenvalue weighted by Crippen LogP contribution is -2.37. The van der Waals surface area contributed by atoms with E-state index >= 15 is 0 Å². The summed E-state index contributed by atoms with van der Waals surface area (Å²) in [6, 6.07) is 18.2. The highest BCUT2D eigenvalue weighted by Crippen LogP contribution is 2.35. The highest BCUT2D eigenvalue weighted by Gasteiger charge is 2.29. The predicted molar refractivity (Wildman–Crippen MR) is 119 cm³/mol. The molecule has 5 heteroatoms. The Morgan fingerprint density at radius 1 is 1.03 bits per heavy atom. The number of rotatable bonds is 3. The molecule has 0 N–H and O–H groups in total. The van der Waals surface area contributed by atoms with Crippen molar-refractivity contribution in [2.75, 3.05) is 6.54 Å². The maximum Gasteiger partial charge on any atom is 0.247 e. The third-order valence-corrected chi connectivity index (χ3v) is 6.61. The van der Waals surface area contributed by atoms with Crippen molar-refractivity contribution in [2.45, 2.75) is 25.3 Å². The fourth-order valence-corrected chi connectivity index (χ4v) is 5.12. The number of pyridine rings is 1. The van der Waals surface area contributed by atoms with E-state index in [-0.39, 0.29) is 11.9 Å². The zero-order valence-electron chi connectivity index (χ0n) is 16.0. The average Bonchev–Trinajstić information content (AvgIpc) is 3.21. The van der Waals surface area contributed by atoms with E-state index < -0.39 is 0 Å². The van der Waals surface area contributed by atoms with E-state index in [1.807, 2.05) is 59.5 Å². The molecule has 4 nitrogen and oxygen atoms in total. The number of amides is 1. The van der Waals surface area contributed by atoms with Gasteiger partial charge in [0.05, 0.1) is 21.8 Å². The molecular weight excluding hydrogens is 378 g/mol. The van der Waals surface area contributed by atoms with Gasteiger partial charge in [0.1, 0.15) is 5.01 Å². The number of nitrogens with zero attached hydrogens (tertiary/aromatic N) is 3. The van der Waals surface area contributed by atoms with Gasteiger partial charge in [0.25, 0.3) is 0 Å². The highest BCUT2D eigenvalue weighted by molar-refractivity contribution is 7.18. The van der Waals surface area contributed by atoms with E-state index in [1.54, 1.807) is 23.6 Å². The van der Waals surface area contributed by atoms with Crippen molar-refractivity contribution in [3.8, 4) is 0 Å². The van der Waals surface area contributed by atoms with E-state index in [0.717, 1.165) is 52.8 Å². The summed E-state index contributed by atoms with van der Waals surface area (Å²) in [5, 5.41) is 2.10. The van der Waals surface area contributed by atoms with Crippen LogP contribution >= 0.6 is 11.3 Å². The van der Waals surface area contributed by atoms with Crippen LogP contribution in [0.5, 0.6) is 0 Å². The Balaban J connectivity index is 1.43. The van der Waals surface area contributed by atoms with Crippen molar-refractivity contribution in [3.05, 3.63) is 77.4 Å². The normalized spacial score (nSPS) is 17.4. The molecule has 1 amide bonds. The molecule has 2 aromatic heterocycles. The zero-order valence-corrected chi connectivity index (χ0v) is 16.8. The molecule has 4 aromatic rings. The van der Waals surface area contributed by atoms with Crippen LogP contribution in [-0.2, 0) is 4.79 Å². The number of hydrogen-bond acceptors (Lipinski definition) is 4. The topological polar surface area (TPSA) is 46.1 Å². The molecule has 0 saturated carbocycles. The van der Waals surface area contributed by atoms with Gasteiger partial charge in [-0.1, -0.05) is 30.3 Å². The van der Waals surface area contributed by atoms with Crippen LogP contribution in [0.1, 0.15) is 35.9 Å². The van der Waals surface area contributed by atoms with Crippen molar-refractivity contribution >= 4 is 44.4 Å². The SMILES string of the molecule is O=C(/C=C/c1ccnc2ccccc12)N1CCCCC1c1nc2ccccc2s1. The van der Waals surface area contributed by atoms with Crippen LogP contribution in [0.2, 0.25) is 0 Å². The Bertz CT molecular complexity index is 1170. The van der Waals surface area contributed by atoms with E-state index in [9.17, 15) is 4.79 Å². The van der Waals surface area contributed by atoms with Crippen LogP contribution in [0.4, 0.5) is 0 Å². The number of likely N-dealkylation sites (tertiary alicyclic amines) is 1. The average molecular weight is 400 g/mol. The maximum absolute atomic E-state index is 13.1. The zero-order chi connectivity index (χ0) is 19.6. The molecule has 144 valence electrons. The largest absolute Gasteiger partial charge is 0.330 e. The van der Waals surface area contributed by atoms with E-state index in [1.165, 1.54) is 4.70 Å². The molecule has 1 fully saturated rings. The summed E-state index contributed by atoms with van der Waals surface area (Å²) in [6.45, 7) is 0.779. The van der Waals surface area contributed by atoms with Crippen molar-refractivity contribution in [1.82, 2.24) is 14.9 Å². The minimum Gasteiger partial charge on any atom is -0.330 e. The van der Waals surface area contributed by atoms with Gasteiger partial charge in [0.15, 0.2) is 0 Å². The predicted octanol–water partition coefficient (Wildman–Crippen LogP) is 5.61. The lowest BCUT2D eigenvalue weighted by atomic mass is 10.0. The molecular formula is C24H21N3OS. The first-order chi connectivity index (χ1) is 14.3. The van der Waals surface area contributed by atoms with Gasteiger partial charge in [0, 0.05) is 24.2 Å². The van der Waals surface area contributed by atoms with Gasteiger partial charge in [0.2, 0.25) is 5.91 Å². The number of fused-ring (bicyclic) bond motifs is 2. The minimum absolute atomic E-state index is 0.0508. The quantitative estimate of drug-likeness (QED) is 0.421. The summed E-state index contributed by atoms with van der Waals surface area (Å²) in [7, 11) is 0. The third-order valence-electron chi connectivity index (χ3n) is 5.47. The fraction of sp³-hybridized carbons (Fsp3) is 0.208. The molecule has 0 aliphatic carbocycles. The van der Waals surface area contributed by atoms with Crippen LogP contribution in [0.3, 0.4) is 0 Å². The molecule has 1 atom stereocenters. The fourth-order valence-electron chi connectivity index (χ4n) is 4.00. The van der Waals surface area contributed by atoms with Gasteiger partial charge in [-0.2, -0.15) is 0 Å². The molecule has 1 aliphatic heterocycles. The molecule has 1 aliphatic rings. The van der Waals surface area contributed by atoms with E-state index in [4.69, 9.17) is 4.98 Å². The highest BCUT2D eigenvalue weighted by atomic mass is 32.1. The van der Waals surface area contributed by atoms with Crippen molar-refractivity contribution in [3.63, 3.8) is 0 Å². The molecule has 0 spiro atoms. The summed E-state index contributed by atoms with van der Waals surface area (Å²) in [4.78, 5) is 24.3. The van der Waals surface area contributed by atoms with Crippen LogP contribution in [-0.4, -0.2) is 27.3 Å². The first kappa shape index (κ1) is 18.0. The molecule has 1 unspecified atom stereocenters. The number of para-hydroxylation sites is 2. The van der Waals surface area contributed by atoms with Crippen LogP contribution < -0.4 is 0 Å². The molecule has 29 heavy (non-hydrogen) atoms. The molecule has 1 saturated heterocycles. The Labute approximate surface area is 173 Å². The van der Waals surface area contributed by atoms with Gasteiger partial charge >= 0.3 is 0 Å². The van der Waals surface area contributed by atoms with Crippen molar-refractivity contribution in [2.24, 2.45) is 0 Å². The van der Waals surface area contributed by atoms with E-state index in [2.05, 4.69) is 11.1 Å². The van der Waals surface area contributed by atoms with E-state index in [0.29, 0.717) is 0 Å². The molecule has 2 aromatic carbocycles. The first-order valence-corrected chi connectivity index (χ1v) is 10.8. The second kappa shape index (κ2) is 7.76. The van der Waals surface area contributed by atoms with Crippen LogP contribution in [0, 0.1) is 0 Å². The number of carbonyl (C=O) groups is 1. The van der Waals surface area contributed by atoms with Crippen molar-refractivity contribution < 1.29 is 4.79 Å². The second-order valence-electron chi connectivity index (χ2n) is 7.31.